The van der Waals surface area contributed by atoms with Gasteiger partial charge in [0.25, 0.3) is 11.8 Å². The molecule has 0 saturated carbocycles. The number of nitrogens with zero attached hydrogens (tertiary/aromatic N) is 2. The van der Waals surface area contributed by atoms with Crippen LogP contribution in [0.25, 0.3) is 0 Å². The van der Waals surface area contributed by atoms with Crippen molar-refractivity contribution < 1.29 is 23.5 Å². The first-order valence-electron chi connectivity index (χ1n) is 8.77. The fourth-order valence-corrected chi connectivity index (χ4v) is 3.07. The Balaban J connectivity index is 1.50. The van der Waals surface area contributed by atoms with Crippen LogP contribution in [-0.2, 0) is 4.79 Å². The molecule has 0 radical (unpaired) electrons. The number of carbonyl (C=O) groups excluding carboxylic acids is 2. The van der Waals surface area contributed by atoms with Gasteiger partial charge in [0.2, 0.25) is 0 Å². The van der Waals surface area contributed by atoms with E-state index >= 15 is 0 Å². The summed E-state index contributed by atoms with van der Waals surface area (Å²) >= 11 is 5.70. The van der Waals surface area contributed by atoms with Gasteiger partial charge in [-0.15, -0.1) is 0 Å². The molecule has 1 aliphatic rings. The third-order valence-electron chi connectivity index (χ3n) is 4.49. The lowest BCUT2D eigenvalue weighted by Gasteiger charge is -2.34. The van der Waals surface area contributed by atoms with Crippen molar-refractivity contribution in [2.75, 3.05) is 39.9 Å². The van der Waals surface area contributed by atoms with E-state index in [0.29, 0.717) is 43.2 Å². The zero-order valence-electron chi connectivity index (χ0n) is 15.4. The summed E-state index contributed by atoms with van der Waals surface area (Å²) in [5.74, 6) is 0.110. The number of amides is 2. The van der Waals surface area contributed by atoms with Crippen LogP contribution in [0.2, 0.25) is 5.02 Å². The first kappa shape index (κ1) is 19.9. The summed E-state index contributed by atoms with van der Waals surface area (Å²) in [6.07, 6.45) is 0. The van der Waals surface area contributed by atoms with E-state index in [1.165, 1.54) is 18.2 Å². The highest BCUT2D eigenvalue weighted by Gasteiger charge is 2.25. The average molecular weight is 407 g/mol. The third-order valence-corrected chi connectivity index (χ3v) is 4.78. The van der Waals surface area contributed by atoms with Gasteiger partial charge in [-0.1, -0.05) is 17.7 Å². The summed E-state index contributed by atoms with van der Waals surface area (Å²) in [4.78, 5) is 28.3. The summed E-state index contributed by atoms with van der Waals surface area (Å²) in [6, 6.07) is 10.9. The molecule has 2 amide bonds. The van der Waals surface area contributed by atoms with E-state index < -0.39 is 5.82 Å². The standard InChI is InChI=1S/C20H20ClFN2O4/c1-27-15-4-2-3-14(11-15)20(26)24-9-7-23(8-10-24)19(25)13-28-16-5-6-18(22)17(21)12-16/h2-6,11-12H,7-10,13H2,1H3. The molecule has 0 unspecified atom stereocenters. The van der Waals surface area contributed by atoms with E-state index in [4.69, 9.17) is 21.1 Å². The van der Waals surface area contributed by atoms with Gasteiger partial charge < -0.3 is 19.3 Å². The summed E-state index contributed by atoms with van der Waals surface area (Å²) in [5.41, 5.74) is 0.552. The Kier molecular flexibility index (Phi) is 6.36. The normalized spacial score (nSPS) is 14.0. The van der Waals surface area contributed by atoms with Crippen molar-refractivity contribution in [3.63, 3.8) is 0 Å². The monoisotopic (exact) mass is 406 g/mol. The lowest BCUT2D eigenvalue weighted by molar-refractivity contribution is -0.134. The van der Waals surface area contributed by atoms with Crippen LogP contribution in [0.3, 0.4) is 0 Å². The third kappa shape index (κ3) is 4.72. The predicted octanol–water partition coefficient (Wildman–Crippen LogP) is 2.85. The van der Waals surface area contributed by atoms with Gasteiger partial charge in [0.1, 0.15) is 17.3 Å². The molecule has 0 aliphatic carbocycles. The number of methoxy groups -OCH3 is 1. The van der Waals surface area contributed by atoms with Crippen molar-refractivity contribution in [2.24, 2.45) is 0 Å². The molecule has 1 aliphatic heterocycles. The second kappa shape index (κ2) is 8.93. The minimum atomic E-state index is -0.544. The van der Waals surface area contributed by atoms with E-state index in [1.54, 1.807) is 41.2 Å². The van der Waals surface area contributed by atoms with E-state index in [1.807, 2.05) is 0 Å². The van der Waals surface area contributed by atoms with Gasteiger partial charge in [-0.2, -0.15) is 0 Å². The van der Waals surface area contributed by atoms with Crippen molar-refractivity contribution >= 4 is 23.4 Å². The van der Waals surface area contributed by atoms with Gasteiger partial charge in [-0.25, -0.2) is 4.39 Å². The maximum Gasteiger partial charge on any atom is 0.260 e. The lowest BCUT2D eigenvalue weighted by atomic mass is 10.1. The van der Waals surface area contributed by atoms with Gasteiger partial charge in [0, 0.05) is 37.8 Å². The van der Waals surface area contributed by atoms with Crippen molar-refractivity contribution in [3.05, 3.63) is 58.9 Å². The van der Waals surface area contributed by atoms with E-state index in [9.17, 15) is 14.0 Å². The second-order valence-electron chi connectivity index (χ2n) is 6.27. The van der Waals surface area contributed by atoms with Gasteiger partial charge in [0.15, 0.2) is 6.61 Å². The van der Waals surface area contributed by atoms with Gasteiger partial charge in [-0.05, 0) is 30.3 Å². The van der Waals surface area contributed by atoms with E-state index in [2.05, 4.69) is 0 Å². The molecule has 0 N–H and O–H groups in total. The molecule has 1 heterocycles. The molecule has 1 saturated heterocycles. The van der Waals surface area contributed by atoms with Crippen molar-refractivity contribution in [3.8, 4) is 11.5 Å². The molecule has 148 valence electrons. The molecule has 8 heteroatoms. The molecule has 1 fully saturated rings. The highest BCUT2D eigenvalue weighted by atomic mass is 35.5. The zero-order chi connectivity index (χ0) is 20.1. The van der Waals surface area contributed by atoms with Crippen LogP contribution < -0.4 is 9.47 Å². The molecular formula is C20H20ClFN2O4. The smallest absolute Gasteiger partial charge is 0.260 e. The highest BCUT2D eigenvalue weighted by Crippen LogP contribution is 2.21. The summed E-state index contributed by atoms with van der Waals surface area (Å²) in [6.45, 7) is 1.53. The Morgan fingerprint density at radius 1 is 1.04 bits per heavy atom. The Morgan fingerprint density at radius 3 is 2.43 bits per heavy atom. The van der Waals surface area contributed by atoms with Crippen LogP contribution in [-0.4, -0.2) is 61.5 Å². The largest absolute Gasteiger partial charge is 0.497 e. The van der Waals surface area contributed by atoms with Crippen molar-refractivity contribution in [2.45, 2.75) is 0 Å². The van der Waals surface area contributed by atoms with E-state index in [0.717, 1.165) is 0 Å². The molecule has 2 aromatic rings. The van der Waals surface area contributed by atoms with Crippen LogP contribution in [0.1, 0.15) is 10.4 Å². The minimum Gasteiger partial charge on any atom is -0.497 e. The number of piperazine rings is 1. The highest BCUT2D eigenvalue weighted by molar-refractivity contribution is 6.30. The van der Waals surface area contributed by atoms with Crippen molar-refractivity contribution in [1.29, 1.82) is 0 Å². The number of hydrogen-bond acceptors (Lipinski definition) is 4. The first-order chi connectivity index (χ1) is 13.5. The minimum absolute atomic E-state index is 0.0605. The molecule has 3 rings (SSSR count). The Hall–Kier alpha value is -2.80. The maximum absolute atomic E-state index is 13.2. The number of benzene rings is 2. The van der Waals surface area contributed by atoms with E-state index in [-0.39, 0.29) is 23.4 Å². The average Bonchev–Trinajstić information content (AvgIpc) is 2.74. The Morgan fingerprint density at radius 2 is 1.75 bits per heavy atom. The number of halogens is 2. The molecule has 2 aromatic carbocycles. The Bertz CT molecular complexity index is 869. The van der Waals surface area contributed by atoms with Gasteiger partial charge >= 0.3 is 0 Å². The molecule has 0 atom stereocenters. The maximum atomic E-state index is 13.2. The first-order valence-corrected chi connectivity index (χ1v) is 9.14. The van der Waals surface area contributed by atoms with Crippen LogP contribution in [0, 0.1) is 5.82 Å². The molecule has 6 nitrogen and oxygen atoms in total. The summed E-state index contributed by atoms with van der Waals surface area (Å²) in [7, 11) is 1.55. The number of rotatable bonds is 5. The zero-order valence-corrected chi connectivity index (χ0v) is 16.1. The fourth-order valence-electron chi connectivity index (χ4n) is 2.90. The Labute approximate surface area is 167 Å². The molecule has 28 heavy (non-hydrogen) atoms. The second-order valence-corrected chi connectivity index (χ2v) is 6.68. The fraction of sp³-hybridized carbons (Fsp3) is 0.300. The van der Waals surface area contributed by atoms with Crippen LogP contribution >= 0.6 is 11.6 Å². The quantitative estimate of drug-likeness (QED) is 0.766. The summed E-state index contributed by atoms with van der Waals surface area (Å²) in [5, 5.41) is -0.0605. The number of ether oxygens (including phenoxy) is 2. The van der Waals surface area contributed by atoms with Gasteiger partial charge in [-0.3, -0.25) is 9.59 Å². The molecular weight excluding hydrogens is 387 g/mol. The molecule has 0 aromatic heterocycles. The lowest BCUT2D eigenvalue weighted by Crippen LogP contribution is -2.51. The van der Waals surface area contributed by atoms with Crippen molar-refractivity contribution in [1.82, 2.24) is 9.80 Å². The predicted molar refractivity (Wildman–Crippen MR) is 102 cm³/mol. The molecule has 0 spiro atoms. The van der Waals surface area contributed by atoms with Gasteiger partial charge in [0.05, 0.1) is 12.1 Å². The molecule has 0 bridgehead atoms. The van der Waals surface area contributed by atoms with Crippen LogP contribution in [0.15, 0.2) is 42.5 Å². The van der Waals surface area contributed by atoms with Crippen LogP contribution in [0.5, 0.6) is 11.5 Å². The topological polar surface area (TPSA) is 59.1 Å². The van der Waals surface area contributed by atoms with Crippen LogP contribution in [0.4, 0.5) is 4.39 Å². The SMILES string of the molecule is COc1cccc(C(=O)N2CCN(C(=O)COc3ccc(F)c(Cl)c3)CC2)c1. The number of hydrogen-bond donors (Lipinski definition) is 0. The number of carbonyl (C=O) groups is 2. The summed E-state index contributed by atoms with van der Waals surface area (Å²) < 4.78 is 23.7.